The van der Waals surface area contributed by atoms with E-state index in [4.69, 9.17) is 9.47 Å². The Bertz CT molecular complexity index is 1230. The Morgan fingerprint density at radius 2 is 2.17 bits per heavy atom. The Morgan fingerprint density at radius 3 is 2.94 bits per heavy atom. The number of ether oxygens (including phenoxy) is 2. The molecule has 2 N–H and O–H groups in total. The first-order chi connectivity index (χ1) is 17.6. The van der Waals surface area contributed by atoms with Crippen LogP contribution in [0.15, 0.2) is 35.8 Å². The van der Waals surface area contributed by atoms with E-state index in [1.165, 1.54) is 22.7 Å². The summed E-state index contributed by atoms with van der Waals surface area (Å²) in [5.41, 5.74) is 2.54. The largest absolute Gasteiger partial charge is 0.494 e. The Hall–Kier alpha value is -3.42. The van der Waals surface area contributed by atoms with Gasteiger partial charge in [-0.25, -0.2) is 9.78 Å². The Kier molecular flexibility index (Phi) is 8.92. The summed E-state index contributed by atoms with van der Waals surface area (Å²) in [5, 5.41) is 18.7. The molecule has 0 radical (unpaired) electrons. The molecule has 0 aliphatic heterocycles. The molecular weight excluding hydrogens is 496 g/mol. The lowest BCUT2D eigenvalue weighted by Crippen LogP contribution is -2.27. The predicted molar refractivity (Wildman–Crippen MR) is 139 cm³/mol. The number of carbonyl (C=O) groups excluding carboxylic acids is 2. The highest BCUT2D eigenvalue weighted by Crippen LogP contribution is 2.39. The fourth-order valence-electron chi connectivity index (χ4n) is 4.18. The Morgan fingerprint density at radius 1 is 1.31 bits per heavy atom. The first-order valence-corrected chi connectivity index (χ1v) is 13.6. The van der Waals surface area contributed by atoms with Crippen LogP contribution in [0.1, 0.15) is 46.3 Å². The van der Waals surface area contributed by atoms with Gasteiger partial charge in [0.1, 0.15) is 21.8 Å². The molecule has 2 aromatic heterocycles. The van der Waals surface area contributed by atoms with E-state index in [0.717, 1.165) is 39.6 Å². The lowest BCUT2D eigenvalue weighted by molar-refractivity contribution is -0.116. The molecule has 0 bridgehead atoms. The van der Waals surface area contributed by atoms with Gasteiger partial charge in [-0.05, 0) is 55.7 Å². The van der Waals surface area contributed by atoms with Gasteiger partial charge < -0.3 is 20.1 Å². The fourth-order valence-corrected chi connectivity index (χ4v) is 6.06. The van der Waals surface area contributed by atoms with E-state index in [1.54, 1.807) is 6.20 Å². The summed E-state index contributed by atoms with van der Waals surface area (Å²) >= 11 is 2.93. The van der Waals surface area contributed by atoms with Gasteiger partial charge in [0, 0.05) is 22.9 Å². The van der Waals surface area contributed by atoms with Crippen molar-refractivity contribution >= 4 is 39.7 Å². The van der Waals surface area contributed by atoms with Crippen molar-refractivity contribution in [3.05, 3.63) is 62.4 Å². The molecular formula is C26H28N4O4S2. The van der Waals surface area contributed by atoms with Crippen molar-refractivity contribution in [2.24, 2.45) is 5.92 Å². The van der Waals surface area contributed by atoms with E-state index in [9.17, 15) is 14.9 Å². The van der Waals surface area contributed by atoms with Gasteiger partial charge in [-0.15, -0.1) is 22.7 Å². The quantitative estimate of drug-likeness (QED) is 0.383. The molecule has 1 aromatic carbocycles. The number of aryl methyl sites for hydroxylation is 1. The molecule has 0 saturated carbocycles. The van der Waals surface area contributed by atoms with Crippen LogP contribution in [-0.2, 0) is 35.3 Å². The molecule has 1 aliphatic carbocycles. The zero-order valence-electron chi connectivity index (χ0n) is 20.0. The number of nitrogens with zero attached hydrogens (tertiary/aromatic N) is 2. The van der Waals surface area contributed by atoms with Crippen LogP contribution in [0.4, 0.5) is 9.80 Å². The Labute approximate surface area is 218 Å². The third kappa shape index (κ3) is 6.62. The van der Waals surface area contributed by atoms with Crippen LogP contribution in [0.3, 0.4) is 0 Å². The first kappa shape index (κ1) is 25.7. The zero-order valence-corrected chi connectivity index (χ0v) is 21.7. The third-order valence-electron chi connectivity index (χ3n) is 5.94. The van der Waals surface area contributed by atoms with E-state index in [1.807, 2.05) is 36.6 Å². The predicted octanol–water partition coefficient (Wildman–Crippen LogP) is 5.08. The number of thiazole rings is 1. The second-order valence-electron chi connectivity index (χ2n) is 8.40. The minimum Gasteiger partial charge on any atom is -0.494 e. The molecule has 2 amide bonds. The number of thiophene rings is 1. The van der Waals surface area contributed by atoms with Crippen LogP contribution in [-0.4, -0.2) is 30.2 Å². The van der Waals surface area contributed by atoms with Gasteiger partial charge in [0.05, 0.1) is 25.3 Å². The lowest BCUT2D eigenvalue weighted by Gasteiger charge is -2.21. The number of anilines is 1. The van der Waals surface area contributed by atoms with E-state index in [2.05, 4.69) is 21.7 Å². The average molecular weight is 525 g/mol. The van der Waals surface area contributed by atoms with Crippen LogP contribution in [0.25, 0.3) is 0 Å². The molecule has 1 unspecified atom stereocenters. The normalized spacial score (nSPS) is 14.4. The second-order valence-corrected chi connectivity index (χ2v) is 10.5. The number of carbonyl (C=O) groups is 2. The molecule has 3 aromatic rings. The minimum absolute atomic E-state index is 0.131. The molecule has 188 valence electrons. The van der Waals surface area contributed by atoms with Gasteiger partial charge >= 0.3 is 6.09 Å². The van der Waals surface area contributed by atoms with Crippen molar-refractivity contribution in [1.29, 1.82) is 5.26 Å². The van der Waals surface area contributed by atoms with Crippen molar-refractivity contribution < 1.29 is 19.1 Å². The van der Waals surface area contributed by atoms with Crippen LogP contribution < -0.4 is 15.4 Å². The van der Waals surface area contributed by atoms with Gasteiger partial charge in [0.25, 0.3) is 0 Å². The average Bonchev–Trinajstić information content (AvgIpc) is 3.53. The summed E-state index contributed by atoms with van der Waals surface area (Å²) in [5.74, 6) is 0.835. The van der Waals surface area contributed by atoms with Gasteiger partial charge in [-0.1, -0.05) is 18.2 Å². The number of benzene rings is 1. The van der Waals surface area contributed by atoms with Crippen LogP contribution in [0.2, 0.25) is 0 Å². The van der Waals surface area contributed by atoms with E-state index in [-0.39, 0.29) is 11.8 Å². The van der Waals surface area contributed by atoms with Crippen molar-refractivity contribution in [2.75, 3.05) is 18.5 Å². The molecule has 1 atom stereocenters. The molecule has 10 heteroatoms. The highest BCUT2D eigenvalue weighted by molar-refractivity contribution is 7.16. The number of nitrogens with one attached hydrogen (secondary N) is 2. The summed E-state index contributed by atoms with van der Waals surface area (Å²) in [4.78, 5) is 29.9. The fraction of sp³-hybridized carbons (Fsp3) is 0.385. The van der Waals surface area contributed by atoms with Gasteiger partial charge in [-0.2, -0.15) is 5.26 Å². The molecule has 0 fully saturated rings. The number of para-hydroxylation sites is 1. The summed E-state index contributed by atoms with van der Waals surface area (Å²) < 4.78 is 11.1. The molecule has 4 rings (SSSR count). The van der Waals surface area contributed by atoms with Crippen LogP contribution in [0, 0.1) is 17.2 Å². The lowest BCUT2D eigenvalue weighted by atomic mass is 9.88. The standard InChI is InChI=1S/C26H28N4O4S2/c1-2-33-21-6-4-3-5-18(21)8-10-23(31)30-25-20(14-27)19-9-7-17(13-22(19)36-25)16-34-26(32)29-15-24-28-11-12-35-24/h3-6,11-12,17H,2,7-10,13,15-16H2,1H3,(H,29,32)(H,30,31). The topological polar surface area (TPSA) is 113 Å². The maximum atomic E-state index is 12.7. The van der Waals surface area contributed by atoms with Crippen molar-refractivity contribution in [2.45, 2.75) is 45.6 Å². The maximum absolute atomic E-state index is 12.7. The van der Waals surface area contributed by atoms with E-state index >= 15 is 0 Å². The highest BCUT2D eigenvalue weighted by atomic mass is 32.1. The third-order valence-corrected chi connectivity index (χ3v) is 7.89. The molecule has 0 spiro atoms. The van der Waals surface area contributed by atoms with Gasteiger partial charge in [0.15, 0.2) is 0 Å². The molecule has 1 aliphatic rings. The molecule has 8 nitrogen and oxygen atoms in total. The van der Waals surface area contributed by atoms with E-state index < -0.39 is 6.09 Å². The summed E-state index contributed by atoms with van der Waals surface area (Å²) in [6, 6.07) is 9.99. The van der Waals surface area contributed by atoms with Crippen molar-refractivity contribution in [1.82, 2.24) is 10.3 Å². The minimum atomic E-state index is -0.459. The summed E-state index contributed by atoms with van der Waals surface area (Å²) in [6.07, 6.45) is 4.34. The second kappa shape index (κ2) is 12.5. The number of rotatable bonds is 10. The highest BCUT2D eigenvalue weighted by Gasteiger charge is 2.27. The van der Waals surface area contributed by atoms with Gasteiger partial charge in [-0.3, -0.25) is 4.79 Å². The smallest absolute Gasteiger partial charge is 0.407 e. The Balaban J connectivity index is 1.30. The van der Waals surface area contributed by atoms with Crippen LogP contribution >= 0.6 is 22.7 Å². The maximum Gasteiger partial charge on any atom is 0.407 e. The number of hydrogen-bond donors (Lipinski definition) is 2. The van der Waals surface area contributed by atoms with Crippen molar-refractivity contribution in [3.63, 3.8) is 0 Å². The zero-order chi connectivity index (χ0) is 25.3. The number of hydrogen-bond acceptors (Lipinski definition) is 8. The molecule has 36 heavy (non-hydrogen) atoms. The van der Waals surface area contributed by atoms with Gasteiger partial charge in [0.2, 0.25) is 5.91 Å². The monoisotopic (exact) mass is 524 g/mol. The number of nitriles is 1. The summed E-state index contributed by atoms with van der Waals surface area (Å²) in [7, 11) is 0. The SMILES string of the molecule is CCOc1ccccc1CCC(=O)Nc1sc2c(c1C#N)CCC(COC(=O)NCc1nccs1)C2. The number of fused-ring (bicyclic) bond motifs is 1. The number of amides is 2. The van der Waals surface area contributed by atoms with Crippen molar-refractivity contribution in [3.8, 4) is 11.8 Å². The number of aromatic nitrogens is 1. The number of alkyl carbamates (subject to hydrolysis) is 1. The summed E-state index contributed by atoms with van der Waals surface area (Å²) in [6.45, 7) is 3.16. The van der Waals surface area contributed by atoms with Crippen LogP contribution in [0.5, 0.6) is 5.75 Å². The molecule has 0 saturated heterocycles. The van der Waals surface area contributed by atoms with E-state index in [0.29, 0.717) is 49.6 Å². The molecule has 2 heterocycles. The first-order valence-electron chi connectivity index (χ1n) is 11.9.